The van der Waals surface area contributed by atoms with Crippen LogP contribution in [-0.4, -0.2) is 11.5 Å². The summed E-state index contributed by atoms with van der Waals surface area (Å²) in [4.78, 5) is 2.42. The van der Waals surface area contributed by atoms with Crippen LogP contribution in [0.15, 0.2) is 72.8 Å². The van der Waals surface area contributed by atoms with E-state index in [0.29, 0.717) is 6.61 Å². The number of rotatable bonds is 9. The molecule has 0 aliphatic heterocycles. The minimum Gasteiger partial charge on any atom is -0.377 e. The van der Waals surface area contributed by atoms with Crippen molar-refractivity contribution in [3.8, 4) is 24.7 Å². The van der Waals surface area contributed by atoms with Gasteiger partial charge < -0.3 is 4.74 Å². The van der Waals surface area contributed by atoms with Crippen molar-refractivity contribution < 1.29 is 4.74 Å². The SMILES string of the molecule is C#Cc1ccc(CN(Cc2ccc(C#C)cc2)Cc2ccc(COCC)cc2)cc1. The molecule has 0 saturated heterocycles. The fraction of sp³-hybridized carbons (Fsp3) is 0.214. The third-order valence-electron chi connectivity index (χ3n) is 4.96. The zero-order chi connectivity index (χ0) is 21.2. The van der Waals surface area contributed by atoms with Gasteiger partial charge in [-0.05, 0) is 53.4 Å². The predicted octanol–water partition coefficient (Wildman–Crippen LogP) is 5.39. The number of hydrogen-bond donors (Lipinski definition) is 0. The van der Waals surface area contributed by atoms with Crippen LogP contribution in [-0.2, 0) is 31.0 Å². The quantitative estimate of drug-likeness (QED) is 0.452. The molecule has 0 atom stereocenters. The first-order chi connectivity index (χ1) is 14.7. The van der Waals surface area contributed by atoms with Gasteiger partial charge >= 0.3 is 0 Å². The standard InChI is InChI=1S/C28H27NO/c1-4-23-7-11-25(12-8-23)19-29(20-26-13-9-24(5-2)10-14-26)21-27-15-17-28(18-16-27)22-30-6-3/h1-2,7-18H,6,19-22H2,3H3. The van der Waals surface area contributed by atoms with E-state index in [0.717, 1.165) is 37.4 Å². The first kappa shape index (κ1) is 21.4. The third kappa shape index (κ3) is 6.36. The van der Waals surface area contributed by atoms with Crippen LogP contribution in [0.5, 0.6) is 0 Å². The Morgan fingerprint density at radius 3 is 1.37 bits per heavy atom. The predicted molar refractivity (Wildman–Crippen MR) is 123 cm³/mol. The Balaban J connectivity index is 1.75. The largest absolute Gasteiger partial charge is 0.377 e. The summed E-state index contributed by atoms with van der Waals surface area (Å²) in [5, 5.41) is 0. The molecule has 0 spiro atoms. The second kappa shape index (κ2) is 11.0. The molecular weight excluding hydrogens is 366 g/mol. The molecule has 0 saturated carbocycles. The highest BCUT2D eigenvalue weighted by Gasteiger charge is 2.09. The molecule has 0 heterocycles. The Bertz CT molecular complexity index is 943. The van der Waals surface area contributed by atoms with Crippen molar-refractivity contribution in [3.05, 3.63) is 106 Å². The van der Waals surface area contributed by atoms with E-state index >= 15 is 0 Å². The van der Waals surface area contributed by atoms with E-state index in [1.165, 1.54) is 22.3 Å². The molecule has 0 fully saturated rings. The van der Waals surface area contributed by atoms with Gasteiger partial charge in [-0.2, -0.15) is 0 Å². The number of benzene rings is 3. The van der Waals surface area contributed by atoms with E-state index in [9.17, 15) is 0 Å². The minimum absolute atomic E-state index is 0.656. The minimum atomic E-state index is 0.656. The van der Waals surface area contributed by atoms with Gasteiger partial charge in [-0.15, -0.1) is 12.8 Å². The van der Waals surface area contributed by atoms with Crippen LogP contribution in [0.2, 0.25) is 0 Å². The lowest BCUT2D eigenvalue weighted by molar-refractivity contribution is 0.134. The topological polar surface area (TPSA) is 12.5 Å². The van der Waals surface area contributed by atoms with Gasteiger partial charge in [0, 0.05) is 37.4 Å². The monoisotopic (exact) mass is 393 g/mol. The number of ether oxygens (including phenoxy) is 1. The van der Waals surface area contributed by atoms with Crippen LogP contribution in [0.3, 0.4) is 0 Å². The lowest BCUT2D eigenvalue weighted by Gasteiger charge is -2.23. The molecule has 0 aliphatic carbocycles. The highest BCUT2D eigenvalue weighted by molar-refractivity contribution is 5.35. The first-order valence-corrected chi connectivity index (χ1v) is 10.2. The average molecular weight is 394 g/mol. The van der Waals surface area contributed by atoms with Crippen molar-refractivity contribution >= 4 is 0 Å². The van der Waals surface area contributed by atoms with Gasteiger partial charge in [0.05, 0.1) is 6.61 Å². The Hall–Kier alpha value is -3.30. The average Bonchev–Trinajstić information content (AvgIpc) is 2.79. The number of nitrogens with zero attached hydrogens (tertiary/aromatic N) is 1. The molecule has 2 nitrogen and oxygen atoms in total. The second-order valence-electron chi connectivity index (χ2n) is 7.28. The van der Waals surface area contributed by atoms with Crippen LogP contribution in [0, 0.1) is 24.7 Å². The summed E-state index contributed by atoms with van der Waals surface area (Å²) in [5.41, 5.74) is 6.75. The molecule has 2 heteroatoms. The lowest BCUT2D eigenvalue weighted by Crippen LogP contribution is -2.22. The molecular formula is C28H27NO. The highest BCUT2D eigenvalue weighted by Crippen LogP contribution is 2.16. The number of terminal acetylenes is 2. The Morgan fingerprint density at radius 1 is 0.633 bits per heavy atom. The van der Waals surface area contributed by atoms with Crippen molar-refractivity contribution in [2.24, 2.45) is 0 Å². The van der Waals surface area contributed by atoms with E-state index < -0.39 is 0 Å². The van der Waals surface area contributed by atoms with Crippen LogP contribution >= 0.6 is 0 Å². The summed E-state index contributed by atoms with van der Waals surface area (Å²) in [6, 6.07) is 25.1. The van der Waals surface area contributed by atoms with Gasteiger partial charge in [0.1, 0.15) is 0 Å². The normalized spacial score (nSPS) is 10.5. The molecule has 3 aromatic carbocycles. The van der Waals surface area contributed by atoms with Crippen molar-refractivity contribution in [3.63, 3.8) is 0 Å². The third-order valence-corrected chi connectivity index (χ3v) is 4.96. The molecule has 0 bridgehead atoms. The van der Waals surface area contributed by atoms with Crippen molar-refractivity contribution in [2.45, 2.75) is 33.2 Å². The Kier molecular flexibility index (Phi) is 7.87. The fourth-order valence-electron chi connectivity index (χ4n) is 3.32. The maximum absolute atomic E-state index is 5.50. The summed E-state index contributed by atoms with van der Waals surface area (Å²) in [7, 11) is 0. The van der Waals surface area contributed by atoms with Crippen molar-refractivity contribution in [2.75, 3.05) is 6.61 Å². The van der Waals surface area contributed by atoms with Crippen LogP contribution in [0.1, 0.15) is 40.3 Å². The molecule has 0 amide bonds. The molecule has 150 valence electrons. The van der Waals surface area contributed by atoms with Gasteiger partial charge in [-0.3, -0.25) is 4.90 Å². The molecule has 0 unspecified atom stereocenters. The summed E-state index contributed by atoms with van der Waals surface area (Å²) in [6.07, 6.45) is 11.0. The van der Waals surface area contributed by atoms with Crippen LogP contribution in [0.25, 0.3) is 0 Å². The molecule has 0 aliphatic rings. The summed E-state index contributed by atoms with van der Waals surface area (Å²) in [6.45, 7) is 5.92. The maximum Gasteiger partial charge on any atom is 0.0716 e. The maximum atomic E-state index is 5.50. The Morgan fingerprint density at radius 2 is 1.00 bits per heavy atom. The molecule has 3 rings (SSSR count). The summed E-state index contributed by atoms with van der Waals surface area (Å²) >= 11 is 0. The molecule has 0 radical (unpaired) electrons. The van der Waals surface area contributed by atoms with Crippen molar-refractivity contribution in [1.82, 2.24) is 4.90 Å². The van der Waals surface area contributed by atoms with Crippen LogP contribution < -0.4 is 0 Å². The van der Waals surface area contributed by atoms with Gasteiger partial charge in [-0.1, -0.05) is 60.4 Å². The van der Waals surface area contributed by atoms with Crippen LogP contribution in [0.4, 0.5) is 0 Å². The van der Waals surface area contributed by atoms with E-state index in [1.807, 2.05) is 31.2 Å². The first-order valence-electron chi connectivity index (χ1n) is 10.2. The van der Waals surface area contributed by atoms with Crippen molar-refractivity contribution in [1.29, 1.82) is 0 Å². The Labute approximate surface area is 180 Å². The van der Waals surface area contributed by atoms with Gasteiger partial charge in [0.2, 0.25) is 0 Å². The van der Waals surface area contributed by atoms with Gasteiger partial charge in [0.25, 0.3) is 0 Å². The highest BCUT2D eigenvalue weighted by atomic mass is 16.5. The van der Waals surface area contributed by atoms with E-state index in [1.54, 1.807) is 0 Å². The summed E-state index contributed by atoms with van der Waals surface area (Å²) in [5.74, 6) is 5.36. The van der Waals surface area contributed by atoms with E-state index in [-0.39, 0.29) is 0 Å². The molecule has 3 aromatic rings. The molecule has 0 aromatic heterocycles. The van der Waals surface area contributed by atoms with E-state index in [4.69, 9.17) is 17.6 Å². The lowest BCUT2D eigenvalue weighted by atomic mass is 10.1. The zero-order valence-corrected chi connectivity index (χ0v) is 17.5. The zero-order valence-electron chi connectivity index (χ0n) is 17.5. The molecule has 0 N–H and O–H groups in total. The summed E-state index contributed by atoms with van der Waals surface area (Å²) < 4.78 is 5.50. The van der Waals surface area contributed by atoms with E-state index in [2.05, 4.69) is 65.3 Å². The fourth-order valence-corrected chi connectivity index (χ4v) is 3.32. The second-order valence-corrected chi connectivity index (χ2v) is 7.28. The smallest absolute Gasteiger partial charge is 0.0716 e. The number of hydrogen-bond acceptors (Lipinski definition) is 2. The van der Waals surface area contributed by atoms with Gasteiger partial charge in [-0.25, -0.2) is 0 Å². The molecule has 30 heavy (non-hydrogen) atoms. The van der Waals surface area contributed by atoms with Gasteiger partial charge in [0.15, 0.2) is 0 Å².